The van der Waals surface area contributed by atoms with Crippen molar-refractivity contribution in [3.8, 4) is 0 Å². The molecule has 82 valence electrons. The molecule has 0 aliphatic carbocycles. The molecule has 0 aromatic heterocycles. The van der Waals surface area contributed by atoms with Crippen molar-refractivity contribution in [2.24, 2.45) is 0 Å². The van der Waals surface area contributed by atoms with Crippen LogP contribution in [-0.2, 0) is 20.7 Å². The summed E-state index contributed by atoms with van der Waals surface area (Å²) in [4.78, 5) is 22.0. The Morgan fingerprint density at radius 2 is 2.31 bits per heavy atom. The maximum absolute atomic E-state index is 11.1. The molecule has 1 aliphatic rings. The van der Waals surface area contributed by atoms with Crippen LogP contribution in [0.4, 0.5) is 5.69 Å². The van der Waals surface area contributed by atoms with Gasteiger partial charge >= 0.3 is 5.97 Å². The fourth-order valence-corrected chi connectivity index (χ4v) is 1.57. The number of ether oxygens (including phenoxy) is 1. The van der Waals surface area contributed by atoms with Crippen molar-refractivity contribution in [1.82, 2.24) is 0 Å². The van der Waals surface area contributed by atoms with Crippen LogP contribution in [0.25, 0.3) is 6.08 Å². The van der Waals surface area contributed by atoms with Gasteiger partial charge in [-0.1, -0.05) is 12.1 Å². The molecule has 1 aromatic rings. The van der Waals surface area contributed by atoms with Crippen LogP contribution in [0.3, 0.4) is 0 Å². The number of methoxy groups -OCH3 is 1. The minimum Gasteiger partial charge on any atom is -0.466 e. The first-order chi connectivity index (χ1) is 7.69. The molecule has 4 nitrogen and oxygen atoms in total. The van der Waals surface area contributed by atoms with Crippen LogP contribution in [0.1, 0.15) is 11.1 Å². The van der Waals surface area contributed by atoms with E-state index in [0.717, 1.165) is 16.8 Å². The molecule has 1 N–H and O–H groups in total. The van der Waals surface area contributed by atoms with Gasteiger partial charge in [0, 0.05) is 11.8 Å². The van der Waals surface area contributed by atoms with E-state index in [2.05, 4.69) is 10.1 Å². The number of hydrogen-bond acceptors (Lipinski definition) is 3. The Labute approximate surface area is 92.9 Å². The zero-order valence-corrected chi connectivity index (χ0v) is 8.82. The predicted molar refractivity (Wildman–Crippen MR) is 59.8 cm³/mol. The Bertz CT molecular complexity index is 477. The van der Waals surface area contributed by atoms with Gasteiger partial charge in [0.1, 0.15) is 0 Å². The van der Waals surface area contributed by atoms with Crippen molar-refractivity contribution < 1.29 is 14.3 Å². The fraction of sp³-hybridized carbons (Fsp3) is 0.167. The highest BCUT2D eigenvalue weighted by atomic mass is 16.5. The number of fused-ring (bicyclic) bond motifs is 1. The molecular weight excluding hydrogens is 206 g/mol. The Hall–Kier alpha value is -2.10. The molecule has 0 saturated heterocycles. The molecule has 4 heteroatoms. The molecule has 0 bridgehead atoms. The summed E-state index contributed by atoms with van der Waals surface area (Å²) in [5.41, 5.74) is 2.66. The van der Waals surface area contributed by atoms with E-state index < -0.39 is 5.97 Å². The average molecular weight is 217 g/mol. The zero-order valence-electron chi connectivity index (χ0n) is 8.82. The van der Waals surface area contributed by atoms with Gasteiger partial charge in [-0.2, -0.15) is 0 Å². The minimum absolute atomic E-state index is 0.00379. The van der Waals surface area contributed by atoms with Crippen LogP contribution in [0.2, 0.25) is 0 Å². The van der Waals surface area contributed by atoms with Crippen molar-refractivity contribution in [3.63, 3.8) is 0 Å². The average Bonchev–Trinajstić information content (AvgIpc) is 2.65. The third-order valence-corrected chi connectivity index (χ3v) is 2.37. The van der Waals surface area contributed by atoms with Crippen LogP contribution in [0.15, 0.2) is 24.3 Å². The lowest BCUT2D eigenvalue weighted by molar-refractivity contribution is -0.134. The van der Waals surface area contributed by atoms with Crippen molar-refractivity contribution in [3.05, 3.63) is 35.4 Å². The summed E-state index contributed by atoms with van der Waals surface area (Å²) in [6.45, 7) is 0. The zero-order chi connectivity index (χ0) is 11.5. The number of rotatable bonds is 2. The lowest BCUT2D eigenvalue weighted by Gasteiger charge is -1.99. The van der Waals surface area contributed by atoms with E-state index >= 15 is 0 Å². The third kappa shape index (κ3) is 2.11. The second-order valence-corrected chi connectivity index (χ2v) is 3.50. The first-order valence-electron chi connectivity index (χ1n) is 4.88. The van der Waals surface area contributed by atoms with Gasteiger partial charge in [0.2, 0.25) is 5.91 Å². The number of nitrogens with one attached hydrogen (secondary N) is 1. The Kier molecular flexibility index (Phi) is 2.72. The first kappa shape index (κ1) is 10.4. The molecule has 2 rings (SSSR count). The number of amides is 1. The van der Waals surface area contributed by atoms with E-state index in [1.54, 1.807) is 6.08 Å². The molecule has 1 aromatic carbocycles. The molecule has 1 aliphatic heterocycles. The fourth-order valence-electron chi connectivity index (χ4n) is 1.57. The molecule has 0 spiro atoms. The summed E-state index contributed by atoms with van der Waals surface area (Å²) in [6.07, 6.45) is 3.42. The standard InChI is InChI=1S/C12H11NO3/c1-16-12(15)5-3-8-2-4-9-7-11(14)13-10(9)6-8/h2-6H,7H2,1H3,(H,13,14)/b5-3+. The van der Waals surface area contributed by atoms with Crippen LogP contribution < -0.4 is 5.32 Å². The van der Waals surface area contributed by atoms with Gasteiger partial charge in [-0.15, -0.1) is 0 Å². The van der Waals surface area contributed by atoms with Gasteiger partial charge in [0.25, 0.3) is 0 Å². The molecule has 1 heterocycles. The molecule has 0 atom stereocenters. The monoisotopic (exact) mass is 217 g/mol. The quantitative estimate of drug-likeness (QED) is 0.601. The molecule has 1 amide bonds. The van der Waals surface area contributed by atoms with Crippen molar-refractivity contribution in [1.29, 1.82) is 0 Å². The Morgan fingerprint density at radius 1 is 1.50 bits per heavy atom. The topological polar surface area (TPSA) is 55.4 Å². The summed E-state index contributed by atoms with van der Waals surface area (Å²) in [6, 6.07) is 5.57. The van der Waals surface area contributed by atoms with E-state index in [9.17, 15) is 9.59 Å². The van der Waals surface area contributed by atoms with Crippen LogP contribution in [0.5, 0.6) is 0 Å². The van der Waals surface area contributed by atoms with Crippen LogP contribution in [0, 0.1) is 0 Å². The lowest BCUT2D eigenvalue weighted by Crippen LogP contribution is -2.03. The van der Waals surface area contributed by atoms with Crippen molar-refractivity contribution in [2.75, 3.05) is 12.4 Å². The molecule has 0 unspecified atom stereocenters. The Morgan fingerprint density at radius 3 is 3.06 bits per heavy atom. The van der Waals surface area contributed by atoms with Gasteiger partial charge in [0.15, 0.2) is 0 Å². The van der Waals surface area contributed by atoms with E-state index in [0.29, 0.717) is 6.42 Å². The summed E-state index contributed by atoms with van der Waals surface area (Å²) in [5, 5.41) is 2.75. The number of esters is 1. The highest BCUT2D eigenvalue weighted by molar-refractivity contribution is 5.99. The SMILES string of the molecule is COC(=O)/C=C/c1ccc2c(c1)NC(=O)C2. The van der Waals surface area contributed by atoms with Gasteiger partial charge in [-0.05, 0) is 23.3 Å². The van der Waals surface area contributed by atoms with Gasteiger partial charge < -0.3 is 10.1 Å². The Balaban J connectivity index is 2.20. The molecule has 0 fully saturated rings. The summed E-state index contributed by atoms with van der Waals surface area (Å²) in [7, 11) is 1.33. The van der Waals surface area contributed by atoms with Crippen LogP contribution in [-0.4, -0.2) is 19.0 Å². The smallest absolute Gasteiger partial charge is 0.330 e. The summed E-state index contributed by atoms with van der Waals surface area (Å²) >= 11 is 0. The number of carbonyl (C=O) groups excluding carboxylic acids is 2. The molecule has 0 saturated carbocycles. The second kappa shape index (κ2) is 4.18. The number of benzene rings is 1. The molecule has 16 heavy (non-hydrogen) atoms. The van der Waals surface area contributed by atoms with Gasteiger partial charge in [0.05, 0.1) is 13.5 Å². The third-order valence-electron chi connectivity index (χ3n) is 2.37. The number of hydrogen-bond donors (Lipinski definition) is 1. The van der Waals surface area contributed by atoms with Crippen molar-refractivity contribution in [2.45, 2.75) is 6.42 Å². The van der Waals surface area contributed by atoms with Gasteiger partial charge in [-0.25, -0.2) is 4.79 Å². The van der Waals surface area contributed by atoms with Crippen LogP contribution >= 0.6 is 0 Å². The highest BCUT2D eigenvalue weighted by Crippen LogP contribution is 2.24. The summed E-state index contributed by atoms with van der Waals surface area (Å²) < 4.78 is 4.49. The normalized spacial score (nSPS) is 13.7. The minimum atomic E-state index is -0.399. The molecular formula is C12H11NO3. The first-order valence-corrected chi connectivity index (χ1v) is 4.88. The largest absolute Gasteiger partial charge is 0.466 e. The lowest BCUT2D eigenvalue weighted by atomic mass is 10.1. The van der Waals surface area contributed by atoms with Gasteiger partial charge in [-0.3, -0.25) is 4.79 Å². The maximum Gasteiger partial charge on any atom is 0.330 e. The van der Waals surface area contributed by atoms with E-state index in [4.69, 9.17) is 0 Å². The summed E-state index contributed by atoms with van der Waals surface area (Å²) in [5.74, 6) is -0.395. The number of anilines is 1. The molecule has 0 radical (unpaired) electrons. The maximum atomic E-state index is 11.1. The highest BCUT2D eigenvalue weighted by Gasteiger charge is 2.16. The predicted octanol–water partition coefficient (Wildman–Crippen LogP) is 1.37. The number of carbonyl (C=O) groups is 2. The second-order valence-electron chi connectivity index (χ2n) is 3.50. The van der Waals surface area contributed by atoms with E-state index in [-0.39, 0.29) is 5.91 Å². The van der Waals surface area contributed by atoms with E-state index in [1.807, 2.05) is 18.2 Å². The van der Waals surface area contributed by atoms with Crippen molar-refractivity contribution >= 4 is 23.6 Å². The van der Waals surface area contributed by atoms with E-state index in [1.165, 1.54) is 13.2 Å².